The molecule has 0 unspecified atom stereocenters. The summed E-state index contributed by atoms with van der Waals surface area (Å²) in [5, 5.41) is 0. The van der Waals surface area contributed by atoms with Crippen LogP contribution in [0.2, 0.25) is 0 Å². The highest BCUT2D eigenvalue weighted by molar-refractivity contribution is 5.93. The summed E-state index contributed by atoms with van der Waals surface area (Å²) in [4.78, 5) is 38.5. The number of rotatable bonds is 4. The largest absolute Gasteiger partial charge is 0.467 e. The molecule has 2 aromatic carbocycles. The van der Waals surface area contributed by atoms with Crippen LogP contribution in [0, 0.1) is 6.92 Å². The number of methoxy groups -OCH3 is 1. The van der Waals surface area contributed by atoms with Crippen molar-refractivity contribution in [3.63, 3.8) is 0 Å². The highest BCUT2D eigenvalue weighted by Gasteiger charge is 2.35. The fourth-order valence-electron chi connectivity index (χ4n) is 3.22. The number of nitrogens with zero attached hydrogens (tertiary/aromatic N) is 1. The fourth-order valence-corrected chi connectivity index (χ4v) is 3.22. The van der Waals surface area contributed by atoms with Gasteiger partial charge in [0.15, 0.2) is 6.61 Å². The van der Waals surface area contributed by atoms with E-state index in [2.05, 4.69) is 0 Å². The van der Waals surface area contributed by atoms with Crippen molar-refractivity contribution in [1.82, 2.24) is 4.90 Å². The van der Waals surface area contributed by atoms with Gasteiger partial charge in [-0.3, -0.25) is 4.79 Å². The lowest BCUT2D eigenvalue weighted by Gasteiger charge is -2.35. The van der Waals surface area contributed by atoms with Gasteiger partial charge in [-0.05, 0) is 29.7 Å². The molecule has 1 aliphatic heterocycles. The summed E-state index contributed by atoms with van der Waals surface area (Å²) in [5.41, 5.74) is 3.16. The Bertz CT molecular complexity index is 876. The van der Waals surface area contributed by atoms with Crippen molar-refractivity contribution in [1.29, 1.82) is 0 Å². The van der Waals surface area contributed by atoms with E-state index in [-0.39, 0.29) is 6.54 Å². The lowest BCUT2D eigenvalue weighted by Crippen LogP contribution is -2.50. The summed E-state index contributed by atoms with van der Waals surface area (Å²) in [7, 11) is 1.30. The Kier molecular flexibility index (Phi) is 5.54. The smallest absolute Gasteiger partial charge is 0.338 e. The van der Waals surface area contributed by atoms with Gasteiger partial charge >= 0.3 is 11.9 Å². The summed E-state index contributed by atoms with van der Waals surface area (Å²) in [6.07, 6.45) is 0.375. The Labute approximate surface area is 157 Å². The van der Waals surface area contributed by atoms with E-state index in [0.29, 0.717) is 12.0 Å². The van der Waals surface area contributed by atoms with Crippen molar-refractivity contribution >= 4 is 17.8 Å². The molecule has 2 aromatic rings. The molecule has 27 heavy (non-hydrogen) atoms. The maximum atomic E-state index is 12.7. The zero-order valence-electron chi connectivity index (χ0n) is 15.3. The predicted molar refractivity (Wildman–Crippen MR) is 98.0 cm³/mol. The quantitative estimate of drug-likeness (QED) is 0.775. The molecule has 0 radical (unpaired) electrons. The average Bonchev–Trinajstić information content (AvgIpc) is 2.70. The number of hydrogen-bond acceptors (Lipinski definition) is 5. The Morgan fingerprint density at radius 2 is 1.70 bits per heavy atom. The van der Waals surface area contributed by atoms with Crippen molar-refractivity contribution in [3.8, 4) is 0 Å². The number of carbonyl (C=O) groups excluding carboxylic acids is 3. The molecule has 0 N–H and O–H groups in total. The molecular formula is C21H21NO5. The minimum absolute atomic E-state index is 0.274. The van der Waals surface area contributed by atoms with E-state index in [4.69, 9.17) is 9.47 Å². The first-order valence-corrected chi connectivity index (χ1v) is 8.68. The SMILES string of the molecule is COC(=O)[C@@H]1Cc2ccccc2CN1C(=O)COC(=O)c1ccccc1C. The molecule has 1 atom stereocenters. The first kappa shape index (κ1) is 18.6. The number of ether oxygens (including phenoxy) is 2. The number of hydrogen-bond donors (Lipinski definition) is 0. The van der Waals surface area contributed by atoms with Gasteiger partial charge < -0.3 is 14.4 Å². The second-order valence-electron chi connectivity index (χ2n) is 6.42. The summed E-state index contributed by atoms with van der Waals surface area (Å²) in [6.45, 7) is 1.65. The number of carbonyl (C=O) groups is 3. The van der Waals surface area contributed by atoms with Gasteiger partial charge in [-0.2, -0.15) is 0 Å². The van der Waals surface area contributed by atoms with E-state index in [0.717, 1.165) is 16.7 Å². The number of benzene rings is 2. The van der Waals surface area contributed by atoms with Crippen LogP contribution in [0.4, 0.5) is 0 Å². The van der Waals surface area contributed by atoms with Crippen LogP contribution < -0.4 is 0 Å². The molecule has 6 nitrogen and oxygen atoms in total. The number of esters is 2. The zero-order chi connectivity index (χ0) is 19.4. The third-order valence-electron chi connectivity index (χ3n) is 4.73. The molecule has 1 aliphatic rings. The predicted octanol–water partition coefficient (Wildman–Crippen LogP) is 2.28. The zero-order valence-corrected chi connectivity index (χ0v) is 15.3. The Balaban J connectivity index is 1.73. The molecule has 3 rings (SSSR count). The van der Waals surface area contributed by atoms with Crippen molar-refractivity contribution in [2.75, 3.05) is 13.7 Å². The number of aryl methyl sites for hydroxylation is 1. The summed E-state index contributed by atoms with van der Waals surface area (Å²) in [5.74, 6) is -1.47. The molecule has 0 aromatic heterocycles. The lowest BCUT2D eigenvalue weighted by atomic mass is 9.94. The summed E-state index contributed by atoms with van der Waals surface area (Å²) < 4.78 is 10.0. The Hall–Kier alpha value is -3.15. The van der Waals surface area contributed by atoms with E-state index < -0.39 is 30.5 Å². The highest BCUT2D eigenvalue weighted by atomic mass is 16.5. The van der Waals surface area contributed by atoms with Crippen LogP contribution in [0.5, 0.6) is 0 Å². The van der Waals surface area contributed by atoms with Crippen LogP contribution in [0.15, 0.2) is 48.5 Å². The first-order chi connectivity index (χ1) is 13.0. The Morgan fingerprint density at radius 1 is 1.04 bits per heavy atom. The summed E-state index contributed by atoms with van der Waals surface area (Å²) >= 11 is 0. The van der Waals surface area contributed by atoms with Crippen LogP contribution in [0.25, 0.3) is 0 Å². The standard InChI is InChI=1S/C21H21NO5/c1-14-7-3-6-10-17(14)20(24)27-13-19(23)22-12-16-9-5-4-8-15(16)11-18(22)21(25)26-2/h3-10,18H,11-13H2,1-2H3/t18-/m0/s1. The number of fused-ring (bicyclic) bond motifs is 1. The molecule has 1 heterocycles. The van der Waals surface area contributed by atoms with E-state index in [1.165, 1.54) is 12.0 Å². The normalized spacial score (nSPS) is 15.6. The third-order valence-corrected chi connectivity index (χ3v) is 4.73. The first-order valence-electron chi connectivity index (χ1n) is 8.68. The summed E-state index contributed by atoms with van der Waals surface area (Å²) in [6, 6.07) is 13.9. The molecule has 140 valence electrons. The molecule has 0 saturated heterocycles. The van der Waals surface area contributed by atoms with Crippen LogP contribution in [0.1, 0.15) is 27.0 Å². The average molecular weight is 367 g/mol. The van der Waals surface area contributed by atoms with Crippen LogP contribution in [0.3, 0.4) is 0 Å². The van der Waals surface area contributed by atoms with Crippen molar-refractivity contribution in [3.05, 3.63) is 70.8 Å². The lowest BCUT2D eigenvalue weighted by molar-refractivity contribution is -0.155. The van der Waals surface area contributed by atoms with Crippen molar-refractivity contribution < 1.29 is 23.9 Å². The van der Waals surface area contributed by atoms with Crippen LogP contribution >= 0.6 is 0 Å². The maximum Gasteiger partial charge on any atom is 0.338 e. The van der Waals surface area contributed by atoms with E-state index in [1.54, 1.807) is 25.1 Å². The Morgan fingerprint density at radius 3 is 2.41 bits per heavy atom. The van der Waals surface area contributed by atoms with Gasteiger partial charge in [0.2, 0.25) is 0 Å². The van der Waals surface area contributed by atoms with Crippen LogP contribution in [-0.2, 0) is 32.0 Å². The molecular weight excluding hydrogens is 346 g/mol. The van der Waals surface area contributed by atoms with Gasteiger partial charge in [-0.25, -0.2) is 9.59 Å². The van der Waals surface area contributed by atoms with Crippen molar-refractivity contribution in [2.24, 2.45) is 0 Å². The third kappa shape index (κ3) is 4.00. The highest BCUT2D eigenvalue weighted by Crippen LogP contribution is 2.24. The molecule has 0 aliphatic carbocycles. The van der Waals surface area contributed by atoms with Gasteiger partial charge in [0.25, 0.3) is 5.91 Å². The second kappa shape index (κ2) is 8.03. The maximum absolute atomic E-state index is 12.7. The van der Waals surface area contributed by atoms with Gasteiger partial charge in [0, 0.05) is 13.0 Å². The number of amides is 1. The van der Waals surface area contributed by atoms with Gasteiger partial charge in [0.1, 0.15) is 6.04 Å². The van der Waals surface area contributed by atoms with E-state index in [1.807, 2.05) is 30.3 Å². The van der Waals surface area contributed by atoms with Gasteiger partial charge in [0.05, 0.1) is 12.7 Å². The molecule has 6 heteroatoms. The molecule has 0 bridgehead atoms. The minimum Gasteiger partial charge on any atom is -0.467 e. The molecule has 0 fully saturated rings. The fraction of sp³-hybridized carbons (Fsp3) is 0.286. The van der Waals surface area contributed by atoms with Gasteiger partial charge in [-0.1, -0.05) is 42.5 Å². The minimum atomic E-state index is -0.727. The van der Waals surface area contributed by atoms with Gasteiger partial charge in [-0.15, -0.1) is 0 Å². The molecule has 0 saturated carbocycles. The molecule has 0 spiro atoms. The van der Waals surface area contributed by atoms with Crippen LogP contribution in [-0.4, -0.2) is 42.5 Å². The van der Waals surface area contributed by atoms with E-state index >= 15 is 0 Å². The monoisotopic (exact) mass is 367 g/mol. The molecule has 1 amide bonds. The second-order valence-corrected chi connectivity index (χ2v) is 6.42. The van der Waals surface area contributed by atoms with E-state index in [9.17, 15) is 14.4 Å². The van der Waals surface area contributed by atoms with Crippen molar-refractivity contribution in [2.45, 2.75) is 25.9 Å². The topological polar surface area (TPSA) is 72.9 Å².